The summed E-state index contributed by atoms with van der Waals surface area (Å²) in [6.45, 7) is 2.00. The predicted octanol–water partition coefficient (Wildman–Crippen LogP) is 1.16. The zero-order valence-corrected chi connectivity index (χ0v) is 11.4. The number of hydrogen-bond donors (Lipinski definition) is 1. The van der Waals surface area contributed by atoms with E-state index in [2.05, 4.69) is 0 Å². The molecule has 2 fully saturated rings. The lowest BCUT2D eigenvalue weighted by Crippen LogP contribution is -2.44. The van der Waals surface area contributed by atoms with Gasteiger partial charge < -0.3 is 10.0 Å². The van der Waals surface area contributed by atoms with E-state index in [-0.39, 0.29) is 24.4 Å². The summed E-state index contributed by atoms with van der Waals surface area (Å²) < 4.78 is 0. The summed E-state index contributed by atoms with van der Waals surface area (Å²) in [5.74, 6) is -1.12. The van der Waals surface area contributed by atoms with Crippen molar-refractivity contribution >= 4 is 17.9 Å². The van der Waals surface area contributed by atoms with Crippen LogP contribution >= 0.6 is 0 Å². The van der Waals surface area contributed by atoms with Crippen molar-refractivity contribution in [2.75, 3.05) is 20.1 Å². The van der Waals surface area contributed by atoms with Gasteiger partial charge in [0.15, 0.2) is 0 Å². The summed E-state index contributed by atoms with van der Waals surface area (Å²) in [4.78, 5) is 37.5. The van der Waals surface area contributed by atoms with Gasteiger partial charge in [0.05, 0.1) is 5.41 Å². The fraction of sp³-hybridized carbons (Fsp3) is 0.769. The molecule has 0 bridgehead atoms. The maximum absolute atomic E-state index is 12.1. The van der Waals surface area contributed by atoms with Crippen molar-refractivity contribution in [2.24, 2.45) is 11.3 Å². The van der Waals surface area contributed by atoms with E-state index in [0.717, 1.165) is 24.2 Å². The molecule has 2 aliphatic rings. The highest BCUT2D eigenvalue weighted by atomic mass is 16.4. The monoisotopic (exact) mass is 268 g/mol. The van der Waals surface area contributed by atoms with Crippen LogP contribution in [0.1, 0.15) is 32.6 Å². The molecule has 0 aromatic rings. The Hall–Kier alpha value is -1.59. The molecule has 2 rings (SSSR count). The standard InChI is InChI=1S/C13H20N2O4/c1-9(16)14(2)12(19)15-7-10-5-3-4-6-13(10,8-15)11(17)18/h10H,3-8H2,1-2H3,(H,17,18)/t10-,13-/m0/s1. The fourth-order valence-electron chi connectivity index (χ4n) is 3.30. The molecule has 2 atom stereocenters. The van der Waals surface area contributed by atoms with E-state index in [1.54, 1.807) is 0 Å². The number of fused-ring (bicyclic) bond motifs is 1. The van der Waals surface area contributed by atoms with Gasteiger partial charge in [0.25, 0.3) is 0 Å². The number of carbonyl (C=O) groups is 3. The Morgan fingerprint density at radius 3 is 2.53 bits per heavy atom. The molecule has 0 unspecified atom stereocenters. The van der Waals surface area contributed by atoms with Crippen LogP contribution in [0, 0.1) is 11.3 Å². The van der Waals surface area contributed by atoms with Crippen LogP contribution in [0.25, 0.3) is 0 Å². The van der Waals surface area contributed by atoms with Crippen molar-refractivity contribution in [2.45, 2.75) is 32.6 Å². The third-order valence-corrected chi connectivity index (χ3v) is 4.58. The number of amides is 3. The Morgan fingerprint density at radius 2 is 2.00 bits per heavy atom. The van der Waals surface area contributed by atoms with Crippen LogP contribution in [-0.4, -0.2) is 53.0 Å². The SMILES string of the molecule is CC(=O)N(C)C(=O)N1C[C@@H]2CCCC[C@]2(C(=O)O)C1. The number of imide groups is 1. The first-order valence-electron chi connectivity index (χ1n) is 6.65. The summed E-state index contributed by atoms with van der Waals surface area (Å²) >= 11 is 0. The molecule has 0 aromatic carbocycles. The third-order valence-electron chi connectivity index (χ3n) is 4.58. The van der Waals surface area contributed by atoms with E-state index in [0.29, 0.717) is 13.0 Å². The van der Waals surface area contributed by atoms with Gasteiger partial charge in [-0.2, -0.15) is 0 Å². The van der Waals surface area contributed by atoms with Crippen LogP contribution < -0.4 is 0 Å². The van der Waals surface area contributed by atoms with Gasteiger partial charge in [-0.3, -0.25) is 14.5 Å². The number of aliphatic carboxylic acids is 1. The van der Waals surface area contributed by atoms with Crippen molar-refractivity contribution in [1.82, 2.24) is 9.80 Å². The highest BCUT2D eigenvalue weighted by Gasteiger charge is 2.54. The molecule has 1 aliphatic carbocycles. The summed E-state index contributed by atoms with van der Waals surface area (Å²) in [7, 11) is 1.43. The molecule has 1 aliphatic heterocycles. The second kappa shape index (κ2) is 4.83. The molecule has 106 valence electrons. The van der Waals surface area contributed by atoms with E-state index in [1.165, 1.54) is 18.9 Å². The Bertz CT molecular complexity index is 423. The molecule has 6 heteroatoms. The van der Waals surface area contributed by atoms with Crippen molar-refractivity contribution in [3.8, 4) is 0 Å². The van der Waals surface area contributed by atoms with Crippen LogP contribution in [-0.2, 0) is 9.59 Å². The summed E-state index contributed by atoms with van der Waals surface area (Å²) in [5, 5.41) is 9.53. The molecule has 1 N–H and O–H groups in total. The Balaban J connectivity index is 2.18. The van der Waals surface area contributed by atoms with Crippen molar-refractivity contribution in [3.63, 3.8) is 0 Å². The molecule has 0 aromatic heterocycles. The average molecular weight is 268 g/mol. The topological polar surface area (TPSA) is 77.9 Å². The summed E-state index contributed by atoms with van der Waals surface area (Å²) in [6, 6.07) is -0.387. The van der Waals surface area contributed by atoms with Gasteiger partial charge in [0.1, 0.15) is 0 Å². The minimum atomic E-state index is -0.807. The minimum absolute atomic E-state index is 0.0167. The van der Waals surface area contributed by atoms with Gasteiger partial charge in [-0.25, -0.2) is 4.79 Å². The molecule has 1 saturated heterocycles. The number of urea groups is 1. The lowest BCUT2D eigenvalue weighted by Gasteiger charge is -2.34. The normalized spacial score (nSPS) is 29.8. The highest BCUT2D eigenvalue weighted by molar-refractivity contribution is 5.93. The second-order valence-electron chi connectivity index (χ2n) is 5.65. The Labute approximate surface area is 112 Å². The predicted molar refractivity (Wildman–Crippen MR) is 67.4 cm³/mol. The van der Waals surface area contributed by atoms with E-state index in [4.69, 9.17) is 0 Å². The van der Waals surface area contributed by atoms with Crippen LogP contribution in [0.2, 0.25) is 0 Å². The fourth-order valence-corrected chi connectivity index (χ4v) is 3.30. The Morgan fingerprint density at radius 1 is 1.32 bits per heavy atom. The quantitative estimate of drug-likeness (QED) is 0.774. The van der Waals surface area contributed by atoms with Crippen molar-refractivity contribution < 1.29 is 19.5 Å². The van der Waals surface area contributed by atoms with Crippen LogP contribution in [0.5, 0.6) is 0 Å². The lowest BCUT2D eigenvalue weighted by atomic mass is 9.68. The number of carbonyl (C=O) groups excluding carboxylic acids is 2. The zero-order valence-electron chi connectivity index (χ0n) is 11.4. The molecule has 3 amide bonds. The number of likely N-dealkylation sites (tertiary alicyclic amines) is 1. The number of hydrogen-bond acceptors (Lipinski definition) is 3. The van der Waals surface area contributed by atoms with E-state index in [1.807, 2.05) is 0 Å². The first kappa shape index (κ1) is 13.8. The summed E-state index contributed by atoms with van der Waals surface area (Å²) in [5.41, 5.74) is -0.800. The molecule has 0 radical (unpaired) electrons. The van der Waals surface area contributed by atoms with Gasteiger partial charge in [0, 0.05) is 27.1 Å². The first-order chi connectivity index (χ1) is 8.88. The minimum Gasteiger partial charge on any atom is -0.481 e. The number of nitrogens with zero attached hydrogens (tertiary/aromatic N) is 2. The molecule has 19 heavy (non-hydrogen) atoms. The van der Waals surface area contributed by atoms with E-state index >= 15 is 0 Å². The van der Waals surface area contributed by atoms with Gasteiger partial charge in [-0.15, -0.1) is 0 Å². The molecular formula is C13H20N2O4. The number of rotatable bonds is 1. The second-order valence-corrected chi connectivity index (χ2v) is 5.65. The molecule has 0 spiro atoms. The smallest absolute Gasteiger partial charge is 0.326 e. The molecular weight excluding hydrogens is 248 g/mol. The Kier molecular flexibility index (Phi) is 3.52. The molecule has 1 saturated carbocycles. The van der Waals surface area contributed by atoms with Crippen molar-refractivity contribution in [1.29, 1.82) is 0 Å². The number of carboxylic acids is 1. The lowest BCUT2D eigenvalue weighted by molar-refractivity contribution is -0.152. The van der Waals surface area contributed by atoms with Crippen molar-refractivity contribution in [3.05, 3.63) is 0 Å². The van der Waals surface area contributed by atoms with Gasteiger partial charge in [-0.1, -0.05) is 12.8 Å². The van der Waals surface area contributed by atoms with E-state index < -0.39 is 11.4 Å². The molecule has 6 nitrogen and oxygen atoms in total. The largest absolute Gasteiger partial charge is 0.481 e. The van der Waals surface area contributed by atoms with Gasteiger partial charge in [-0.05, 0) is 18.8 Å². The first-order valence-corrected chi connectivity index (χ1v) is 6.65. The van der Waals surface area contributed by atoms with Crippen LogP contribution in [0.15, 0.2) is 0 Å². The maximum Gasteiger partial charge on any atom is 0.326 e. The highest BCUT2D eigenvalue weighted by Crippen LogP contribution is 2.47. The zero-order chi connectivity index (χ0) is 14.2. The number of carboxylic acid groups (broad SMARTS) is 1. The van der Waals surface area contributed by atoms with Crippen LogP contribution in [0.4, 0.5) is 4.79 Å². The van der Waals surface area contributed by atoms with Gasteiger partial charge >= 0.3 is 12.0 Å². The maximum atomic E-state index is 12.1. The molecule has 1 heterocycles. The van der Waals surface area contributed by atoms with E-state index in [9.17, 15) is 19.5 Å². The summed E-state index contributed by atoms with van der Waals surface area (Å²) in [6.07, 6.45) is 3.39. The third kappa shape index (κ3) is 2.19. The average Bonchev–Trinajstić information content (AvgIpc) is 2.77. The van der Waals surface area contributed by atoms with Crippen LogP contribution in [0.3, 0.4) is 0 Å². The van der Waals surface area contributed by atoms with Gasteiger partial charge in [0.2, 0.25) is 5.91 Å².